The van der Waals surface area contributed by atoms with Crippen molar-refractivity contribution in [1.82, 2.24) is 0 Å². The zero-order chi connectivity index (χ0) is 20.8. The van der Waals surface area contributed by atoms with Crippen molar-refractivity contribution in [2.24, 2.45) is 7.05 Å². The molecule has 5 rings (SSSR count). The summed E-state index contributed by atoms with van der Waals surface area (Å²) in [6, 6.07) is 15.2. The topological polar surface area (TPSA) is 40.8 Å². The minimum Gasteiger partial charge on any atom is -0.455 e. The second-order valence-electron chi connectivity index (χ2n) is 8.78. The van der Waals surface area contributed by atoms with Gasteiger partial charge in [0.15, 0.2) is 6.20 Å². The SMILES string of the molecule is Cc1cc(C)c2c(oc3cc(C4CCCCC4)cc(C#N)c32)c1-c1cccc[n+]1C. The highest BCUT2D eigenvalue weighted by molar-refractivity contribution is 6.13. The first-order chi connectivity index (χ1) is 14.6. The first kappa shape index (κ1) is 18.9. The van der Waals surface area contributed by atoms with E-state index in [2.05, 4.69) is 68.1 Å². The van der Waals surface area contributed by atoms with E-state index in [-0.39, 0.29) is 0 Å². The second-order valence-corrected chi connectivity index (χ2v) is 8.78. The van der Waals surface area contributed by atoms with Crippen molar-refractivity contribution in [3.8, 4) is 17.3 Å². The van der Waals surface area contributed by atoms with Crippen LogP contribution in [0.5, 0.6) is 0 Å². The molecule has 2 heterocycles. The smallest absolute Gasteiger partial charge is 0.216 e. The van der Waals surface area contributed by atoms with Crippen molar-refractivity contribution in [1.29, 1.82) is 5.26 Å². The third kappa shape index (κ3) is 2.91. The third-order valence-electron chi connectivity index (χ3n) is 6.77. The van der Waals surface area contributed by atoms with Gasteiger partial charge in [0.05, 0.1) is 17.2 Å². The van der Waals surface area contributed by atoms with Gasteiger partial charge in [-0.05, 0) is 67.5 Å². The van der Waals surface area contributed by atoms with Gasteiger partial charge in [-0.25, -0.2) is 4.57 Å². The molecule has 30 heavy (non-hydrogen) atoms. The summed E-state index contributed by atoms with van der Waals surface area (Å²) in [5, 5.41) is 12.0. The highest BCUT2D eigenvalue weighted by atomic mass is 16.3. The van der Waals surface area contributed by atoms with Crippen LogP contribution >= 0.6 is 0 Å². The van der Waals surface area contributed by atoms with Gasteiger partial charge in [-0.15, -0.1) is 0 Å². The van der Waals surface area contributed by atoms with Gasteiger partial charge in [0.25, 0.3) is 0 Å². The second kappa shape index (κ2) is 7.29. The van der Waals surface area contributed by atoms with E-state index in [0.717, 1.165) is 44.3 Å². The highest BCUT2D eigenvalue weighted by Crippen LogP contribution is 2.42. The minimum atomic E-state index is 0.540. The van der Waals surface area contributed by atoms with Crippen LogP contribution < -0.4 is 4.57 Å². The van der Waals surface area contributed by atoms with Gasteiger partial charge in [-0.1, -0.05) is 25.3 Å². The average molecular weight is 396 g/mol. The number of aromatic nitrogens is 1. The number of nitriles is 1. The van der Waals surface area contributed by atoms with Crippen LogP contribution in [0.2, 0.25) is 0 Å². The van der Waals surface area contributed by atoms with Crippen molar-refractivity contribution in [3.63, 3.8) is 0 Å². The monoisotopic (exact) mass is 395 g/mol. The minimum absolute atomic E-state index is 0.540. The normalized spacial score (nSPS) is 15.0. The Bertz CT molecular complexity index is 1320. The maximum atomic E-state index is 10.0. The molecule has 0 N–H and O–H groups in total. The largest absolute Gasteiger partial charge is 0.455 e. The molecule has 1 fully saturated rings. The number of rotatable bonds is 2. The Labute approximate surface area is 177 Å². The van der Waals surface area contributed by atoms with Crippen LogP contribution in [0.15, 0.2) is 47.0 Å². The zero-order valence-corrected chi connectivity index (χ0v) is 18.0. The van der Waals surface area contributed by atoms with Gasteiger partial charge < -0.3 is 4.42 Å². The third-order valence-corrected chi connectivity index (χ3v) is 6.77. The molecule has 0 bridgehead atoms. The van der Waals surface area contributed by atoms with E-state index in [1.54, 1.807) is 0 Å². The Balaban J connectivity index is 1.84. The molecule has 3 heteroatoms. The van der Waals surface area contributed by atoms with E-state index in [1.165, 1.54) is 43.2 Å². The fourth-order valence-electron chi connectivity index (χ4n) is 5.31. The molecule has 0 amide bonds. The molecule has 4 aromatic rings. The van der Waals surface area contributed by atoms with Crippen LogP contribution in [-0.2, 0) is 7.05 Å². The summed E-state index contributed by atoms with van der Waals surface area (Å²) in [7, 11) is 2.06. The lowest BCUT2D eigenvalue weighted by Crippen LogP contribution is -2.30. The summed E-state index contributed by atoms with van der Waals surface area (Å²) in [5.74, 6) is 0.540. The quantitative estimate of drug-likeness (QED) is 0.358. The van der Waals surface area contributed by atoms with Crippen LogP contribution in [0, 0.1) is 25.2 Å². The molecule has 0 atom stereocenters. The molecule has 1 saturated carbocycles. The molecular weight excluding hydrogens is 368 g/mol. The number of fused-ring (bicyclic) bond motifs is 3. The van der Waals surface area contributed by atoms with Crippen molar-refractivity contribution in [3.05, 3.63) is 64.8 Å². The van der Waals surface area contributed by atoms with Crippen LogP contribution in [0.4, 0.5) is 0 Å². The number of nitrogens with zero attached hydrogens (tertiary/aromatic N) is 2. The Morgan fingerprint density at radius 2 is 1.80 bits per heavy atom. The lowest BCUT2D eigenvalue weighted by atomic mass is 9.83. The maximum absolute atomic E-state index is 10.0. The fourth-order valence-corrected chi connectivity index (χ4v) is 5.31. The molecule has 0 spiro atoms. The maximum Gasteiger partial charge on any atom is 0.216 e. The Hall–Kier alpha value is -3.12. The molecule has 2 aromatic carbocycles. The van der Waals surface area contributed by atoms with E-state index in [4.69, 9.17) is 4.42 Å². The Morgan fingerprint density at radius 3 is 2.53 bits per heavy atom. The standard InChI is InChI=1S/C27H27N2O/c1-17-13-18(2)25-26-21(16-28)14-20(19-9-5-4-6-10-19)15-23(26)30-27(25)24(17)22-11-7-8-12-29(22)3/h7-8,11-15,19H,4-6,9-10H2,1-3H3/q+1. The number of hydrogen-bond donors (Lipinski definition) is 0. The first-order valence-corrected chi connectivity index (χ1v) is 10.9. The molecule has 0 radical (unpaired) electrons. The van der Waals surface area contributed by atoms with Crippen LogP contribution in [0.25, 0.3) is 33.2 Å². The lowest BCUT2D eigenvalue weighted by molar-refractivity contribution is -0.660. The summed E-state index contributed by atoms with van der Waals surface area (Å²) in [4.78, 5) is 0. The predicted octanol–water partition coefficient (Wildman–Crippen LogP) is 6.61. The Morgan fingerprint density at radius 1 is 1.00 bits per heavy atom. The van der Waals surface area contributed by atoms with Gasteiger partial charge in [-0.2, -0.15) is 5.26 Å². The van der Waals surface area contributed by atoms with Gasteiger partial charge in [-0.3, -0.25) is 0 Å². The summed E-state index contributed by atoms with van der Waals surface area (Å²) in [6.45, 7) is 4.26. The fraction of sp³-hybridized carbons (Fsp3) is 0.333. The molecular formula is C27H27N2O+. The van der Waals surface area contributed by atoms with Gasteiger partial charge in [0.2, 0.25) is 5.69 Å². The predicted molar refractivity (Wildman–Crippen MR) is 120 cm³/mol. The summed E-state index contributed by atoms with van der Waals surface area (Å²) < 4.78 is 8.69. The molecule has 0 unspecified atom stereocenters. The van der Waals surface area contributed by atoms with E-state index in [1.807, 2.05) is 6.07 Å². The summed E-state index contributed by atoms with van der Waals surface area (Å²) in [6.07, 6.45) is 8.35. The van der Waals surface area contributed by atoms with Crippen molar-refractivity contribution in [2.75, 3.05) is 0 Å². The van der Waals surface area contributed by atoms with E-state index < -0.39 is 0 Å². The van der Waals surface area contributed by atoms with Gasteiger partial charge >= 0.3 is 0 Å². The average Bonchev–Trinajstić information content (AvgIpc) is 3.14. The van der Waals surface area contributed by atoms with Gasteiger partial charge in [0.1, 0.15) is 18.2 Å². The van der Waals surface area contributed by atoms with E-state index in [9.17, 15) is 5.26 Å². The van der Waals surface area contributed by atoms with Gasteiger partial charge in [0, 0.05) is 22.9 Å². The highest BCUT2D eigenvalue weighted by Gasteiger charge is 2.25. The molecule has 1 aliphatic carbocycles. The number of furan rings is 1. The number of pyridine rings is 1. The van der Waals surface area contributed by atoms with Crippen molar-refractivity contribution >= 4 is 21.9 Å². The molecule has 2 aromatic heterocycles. The van der Waals surface area contributed by atoms with Crippen LogP contribution in [0.3, 0.4) is 0 Å². The number of aryl methyl sites for hydroxylation is 3. The summed E-state index contributed by atoms with van der Waals surface area (Å²) >= 11 is 0. The van der Waals surface area contributed by atoms with Crippen molar-refractivity contribution in [2.45, 2.75) is 51.9 Å². The van der Waals surface area contributed by atoms with E-state index in [0.29, 0.717) is 5.92 Å². The molecule has 0 saturated heterocycles. The first-order valence-electron chi connectivity index (χ1n) is 10.9. The number of hydrogen-bond acceptors (Lipinski definition) is 2. The van der Waals surface area contributed by atoms with Crippen molar-refractivity contribution < 1.29 is 8.98 Å². The lowest BCUT2D eigenvalue weighted by Gasteiger charge is -2.22. The van der Waals surface area contributed by atoms with Crippen LogP contribution in [-0.4, -0.2) is 0 Å². The zero-order valence-electron chi connectivity index (χ0n) is 18.0. The molecule has 0 aliphatic heterocycles. The Kier molecular flexibility index (Phi) is 4.59. The molecule has 150 valence electrons. The molecule has 3 nitrogen and oxygen atoms in total. The van der Waals surface area contributed by atoms with Crippen LogP contribution in [0.1, 0.15) is 60.3 Å². The number of benzene rings is 2. The molecule has 1 aliphatic rings. The van der Waals surface area contributed by atoms with E-state index >= 15 is 0 Å². The summed E-state index contributed by atoms with van der Waals surface area (Å²) in [5.41, 5.74) is 8.31.